The second-order valence-electron chi connectivity index (χ2n) is 8.61. The summed E-state index contributed by atoms with van der Waals surface area (Å²) in [6, 6.07) is 4.50. The Bertz CT molecular complexity index is 1290. The van der Waals surface area contributed by atoms with Crippen LogP contribution in [0.15, 0.2) is 30.7 Å². The van der Waals surface area contributed by atoms with Gasteiger partial charge in [0.25, 0.3) is 0 Å². The van der Waals surface area contributed by atoms with Crippen molar-refractivity contribution in [2.75, 3.05) is 14.2 Å². The minimum atomic E-state index is -0.476. The number of H-pyrrole nitrogens is 1. The lowest BCUT2D eigenvalue weighted by Crippen LogP contribution is -2.34. The van der Waals surface area contributed by atoms with Crippen LogP contribution in [0.4, 0.5) is 0 Å². The maximum Gasteiger partial charge on any atom is 0.171 e. The van der Waals surface area contributed by atoms with Crippen molar-refractivity contribution < 1.29 is 9.47 Å². The molecule has 1 N–H and O–H groups in total. The average Bonchev–Trinajstić information content (AvgIpc) is 3.47. The quantitative estimate of drug-likeness (QED) is 0.394. The molecule has 0 bridgehead atoms. The number of aromatic nitrogens is 4. The van der Waals surface area contributed by atoms with E-state index in [4.69, 9.17) is 9.47 Å². The van der Waals surface area contributed by atoms with Crippen molar-refractivity contribution in [2.24, 2.45) is 0 Å². The van der Waals surface area contributed by atoms with Crippen LogP contribution in [0.2, 0.25) is 0 Å². The number of pyridine rings is 1. The van der Waals surface area contributed by atoms with Crippen LogP contribution in [-0.2, 0) is 9.47 Å². The lowest BCUT2D eigenvalue weighted by atomic mass is 9.93. The maximum absolute atomic E-state index is 5.62. The fraction of sp³-hybridized carbons (Fsp3) is 0.417. The molecule has 0 saturated heterocycles. The van der Waals surface area contributed by atoms with Crippen molar-refractivity contribution in [3.05, 3.63) is 46.7 Å². The third kappa shape index (κ3) is 3.32. The topological polar surface area (TPSA) is 64.4 Å². The third-order valence-electron chi connectivity index (χ3n) is 6.43. The Labute approximate surface area is 185 Å². The monoisotopic (exact) mass is 436 g/mol. The average molecular weight is 437 g/mol. The number of ether oxygens (including phenoxy) is 2. The molecule has 0 atom stereocenters. The van der Waals surface area contributed by atoms with Crippen LogP contribution in [0.25, 0.3) is 32.7 Å². The van der Waals surface area contributed by atoms with Crippen molar-refractivity contribution in [1.29, 1.82) is 0 Å². The molecule has 0 aromatic carbocycles. The van der Waals surface area contributed by atoms with Gasteiger partial charge in [-0.15, -0.1) is 11.3 Å². The lowest BCUT2D eigenvalue weighted by molar-refractivity contribution is -0.208. The van der Waals surface area contributed by atoms with Crippen LogP contribution in [0.5, 0.6) is 0 Å². The van der Waals surface area contributed by atoms with E-state index in [1.165, 1.54) is 31.9 Å². The van der Waals surface area contributed by atoms with E-state index in [-0.39, 0.29) is 0 Å². The van der Waals surface area contributed by atoms with E-state index in [2.05, 4.69) is 60.2 Å². The number of thiophene rings is 1. The highest BCUT2D eigenvalue weighted by molar-refractivity contribution is 7.20. The fourth-order valence-corrected chi connectivity index (χ4v) is 6.03. The first-order valence-electron chi connectivity index (χ1n) is 10.7. The summed E-state index contributed by atoms with van der Waals surface area (Å²) in [5.74, 6) is -0.0765. The number of nitrogens with zero attached hydrogens (tertiary/aromatic N) is 3. The van der Waals surface area contributed by atoms with Crippen molar-refractivity contribution >= 4 is 32.8 Å². The number of hydrogen-bond acceptors (Lipinski definition) is 5. The van der Waals surface area contributed by atoms with Gasteiger partial charge in [0.2, 0.25) is 0 Å². The minimum absolute atomic E-state index is 0.400. The van der Waals surface area contributed by atoms with Crippen LogP contribution in [0, 0.1) is 6.92 Å². The van der Waals surface area contributed by atoms with Gasteiger partial charge in [-0.25, -0.2) is 9.50 Å². The van der Waals surface area contributed by atoms with Gasteiger partial charge >= 0.3 is 0 Å². The first-order chi connectivity index (χ1) is 14.9. The van der Waals surface area contributed by atoms with E-state index in [0.717, 1.165) is 36.0 Å². The van der Waals surface area contributed by atoms with Crippen molar-refractivity contribution in [3.63, 3.8) is 0 Å². The number of allylic oxidation sites excluding steroid dienone is 1. The zero-order chi connectivity index (χ0) is 21.8. The number of hydrogen-bond donors (Lipinski definition) is 1. The predicted molar refractivity (Wildman–Crippen MR) is 126 cm³/mol. The SMILES string of the molecule is COC1(OC)CC=C(c2cc3[nH]c(-c4cc(C)c5ncnn5c4)c(C(C)C)c3s2)CC1. The van der Waals surface area contributed by atoms with Crippen LogP contribution >= 0.6 is 11.3 Å². The maximum atomic E-state index is 5.62. The van der Waals surface area contributed by atoms with Crippen LogP contribution in [0.1, 0.15) is 55.0 Å². The van der Waals surface area contributed by atoms with E-state index in [1.807, 2.05) is 15.9 Å². The molecular weight excluding hydrogens is 408 g/mol. The first kappa shape index (κ1) is 20.4. The summed E-state index contributed by atoms with van der Waals surface area (Å²) in [6.07, 6.45) is 8.55. The summed E-state index contributed by atoms with van der Waals surface area (Å²) < 4.78 is 14.5. The van der Waals surface area contributed by atoms with Gasteiger partial charge in [0.1, 0.15) is 6.33 Å². The molecule has 1 aliphatic carbocycles. The molecule has 0 radical (unpaired) electrons. The molecule has 0 unspecified atom stereocenters. The molecule has 6 nitrogen and oxygen atoms in total. The fourth-order valence-electron chi connectivity index (χ4n) is 4.65. The molecule has 31 heavy (non-hydrogen) atoms. The summed E-state index contributed by atoms with van der Waals surface area (Å²) in [5, 5.41) is 4.35. The van der Waals surface area contributed by atoms with E-state index in [9.17, 15) is 0 Å². The zero-order valence-corrected chi connectivity index (χ0v) is 19.5. The van der Waals surface area contributed by atoms with Crippen LogP contribution < -0.4 is 0 Å². The number of aryl methyl sites for hydroxylation is 1. The normalized spacial score (nSPS) is 16.5. The Morgan fingerprint density at radius 3 is 2.71 bits per heavy atom. The number of fused-ring (bicyclic) bond motifs is 2. The third-order valence-corrected chi connectivity index (χ3v) is 7.67. The summed E-state index contributed by atoms with van der Waals surface area (Å²) >= 11 is 1.88. The molecule has 162 valence electrons. The van der Waals surface area contributed by atoms with Crippen LogP contribution in [0.3, 0.4) is 0 Å². The highest BCUT2D eigenvalue weighted by Crippen LogP contribution is 2.44. The standard InChI is InChI=1S/C24H28N4O2S/c1-14(2)20-21(17-10-15(3)23-25-13-26-28(23)12-17)27-18-11-19(31-22(18)20)16-6-8-24(29-4,30-5)9-7-16/h6,10-14,27H,7-9H2,1-5H3. The number of nitrogens with one attached hydrogen (secondary N) is 1. The number of aromatic amines is 1. The van der Waals surface area contributed by atoms with Gasteiger partial charge in [0.15, 0.2) is 11.4 Å². The van der Waals surface area contributed by atoms with Crippen LogP contribution in [-0.4, -0.2) is 39.6 Å². The van der Waals surface area contributed by atoms with Gasteiger partial charge in [-0.05, 0) is 48.1 Å². The molecule has 7 heteroatoms. The summed E-state index contributed by atoms with van der Waals surface area (Å²) in [5.41, 5.74) is 8.30. The molecule has 5 rings (SSSR count). The van der Waals surface area contributed by atoms with E-state index >= 15 is 0 Å². The molecule has 1 aliphatic rings. The van der Waals surface area contributed by atoms with Gasteiger partial charge in [0, 0.05) is 43.7 Å². The summed E-state index contributed by atoms with van der Waals surface area (Å²) in [4.78, 5) is 9.40. The van der Waals surface area contributed by atoms with Crippen molar-refractivity contribution in [3.8, 4) is 11.3 Å². The van der Waals surface area contributed by atoms with E-state index in [0.29, 0.717) is 5.92 Å². The molecule has 0 spiro atoms. The van der Waals surface area contributed by atoms with Gasteiger partial charge < -0.3 is 14.5 Å². The van der Waals surface area contributed by atoms with Crippen molar-refractivity contribution in [2.45, 2.75) is 51.7 Å². The lowest BCUT2D eigenvalue weighted by Gasteiger charge is -2.33. The van der Waals surface area contributed by atoms with E-state index < -0.39 is 5.79 Å². The Morgan fingerprint density at radius 2 is 2.03 bits per heavy atom. The number of rotatable bonds is 5. The van der Waals surface area contributed by atoms with Gasteiger partial charge in [-0.3, -0.25) is 0 Å². The van der Waals surface area contributed by atoms with Crippen molar-refractivity contribution in [1.82, 2.24) is 19.6 Å². The molecule has 4 aromatic heterocycles. The Balaban J connectivity index is 1.57. The summed E-state index contributed by atoms with van der Waals surface area (Å²) in [6.45, 7) is 6.61. The molecule has 0 saturated carbocycles. The molecule has 4 aromatic rings. The Kier molecular flexibility index (Phi) is 5.00. The predicted octanol–water partition coefficient (Wildman–Crippen LogP) is 5.93. The molecule has 0 aliphatic heterocycles. The number of methoxy groups -OCH3 is 2. The largest absolute Gasteiger partial charge is 0.354 e. The Hall–Kier alpha value is -2.48. The highest BCUT2D eigenvalue weighted by Gasteiger charge is 2.32. The van der Waals surface area contributed by atoms with Gasteiger partial charge in [-0.2, -0.15) is 5.10 Å². The zero-order valence-electron chi connectivity index (χ0n) is 18.7. The smallest absolute Gasteiger partial charge is 0.171 e. The second kappa shape index (κ2) is 7.58. The first-order valence-corrected chi connectivity index (χ1v) is 11.5. The Morgan fingerprint density at radius 1 is 1.23 bits per heavy atom. The van der Waals surface area contributed by atoms with Gasteiger partial charge in [-0.1, -0.05) is 19.9 Å². The minimum Gasteiger partial charge on any atom is -0.354 e. The van der Waals surface area contributed by atoms with E-state index in [1.54, 1.807) is 20.5 Å². The molecule has 4 heterocycles. The second-order valence-corrected chi connectivity index (χ2v) is 9.67. The molecule has 0 amide bonds. The molecule has 0 fully saturated rings. The molecular formula is C24H28N4O2S. The highest BCUT2D eigenvalue weighted by atomic mass is 32.1. The van der Waals surface area contributed by atoms with Gasteiger partial charge in [0.05, 0.1) is 15.9 Å². The summed E-state index contributed by atoms with van der Waals surface area (Å²) in [7, 11) is 3.46.